The van der Waals surface area contributed by atoms with Gasteiger partial charge in [0.1, 0.15) is 6.10 Å². The number of pyridine rings is 1. The molecule has 1 amide bonds. The lowest BCUT2D eigenvalue weighted by atomic mass is 10.2. The highest BCUT2D eigenvalue weighted by Gasteiger charge is 2.18. The van der Waals surface area contributed by atoms with Crippen molar-refractivity contribution >= 4 is 22.5 Å². The lowest BCUT2D eigenvalue weighted by molar-refractivity contribution is 0.102. The van der Waals surface area contributed by atoms with Crippen LogP contribution in [0.5, 0.6) is 5.88 Å². The van der Waals surface area contributed by atoms with E-state index in [0.717, 1.165) is 17.3 Å². The summed E-state index contributed by atoms with van der Waals surface area (Å²) in [5.74, 6) is 0.226. The van der Waals surface area contributed by atoms with Gasteiger partial charge in [0.25, 0.3) is 5.91 Å². The molecule has 1 atom stereocenters. The number of carbonyl (C=O) groups is 1. The van der Waals surface area contributed by atoms with E-state index >= 15 is 0 Å². The van der Waals surface area contributed by atoms with Crippen molar-refractivity contribution in [3.8, 4) is 5.88 Å². The molecule has 1 unspecified atom stereocenters. The van der Waals surface area contributed by atoms with Gasteiger partial charge >= 0.3 is 0 Å². The molecule has 128 valence electrons. The highest BCUT2D eigenvalue weighted by atomic mass is 16.5. The van der Waals surface area contributed by atoms with Crippen LogP contribution in [0, 0.1) is 0 Å². The Morgan fingerprint density at radius 2 is 2.28 bits per heavy atom. The second kappa shape index (κ2) is 6.52. The number of anilines is 1. The van der Waals surface area contributed by atoms with Crippen LogP contribution in [0.2, 0.25) is 0 Å². The van der Waals surface area contributed by atoms with Crippen LogP contribution in [0.15, 0.2) is 42.7 Å². The Balaban J connectivity index is 1.49. The molecule has 2 aromatic heterocycles. The molecule has 1 aromatic carbocycles. The molecule has 0 bridgehead atoms. The van der Waals surface area contributed by atoms with Crippen LogP contribution in [0.25, 0.3) is 10.9 Å². The molecule has 25 heavy (non-hydrogen) atoms. The quantitative estimate of drug-likeness (QED) is 0.790. The minimum atomic E-state index is -0.210. The minimum Gasteiger partial charge on any atom is -0.472 e. The van der Waals surface area contributed by atoms with E-state index in [1.165, 1.54) is 0 Å². The van der Waals surface area contributed by atoms with Crippen LogP contribution >= 0.6 is 0 Å². The van der Waals surface area contributed by atoms with Crippen molar-refractivity contribution < 1.29 is 14.3 Å². The Hall–Kier alpha value is -2.93. The zero-order valence-corrected chi connectivity index (χ0v) is 13.8. The average Bonchev–Trinajstić information content (AvgIpc) is 3.25. The number of nitrogens with zero attached hydrogens (tertiary/aromatic N) is 3. The van der Waals surface area contributed by atoms with Crippen LogP contribution in [0.1, 0.15) is 16.8 Å². The fourth-order valence-electron chi connectivity index (χ4n) is 2.84. The van der Waals surface area contributed by atoms with E-state index in [9.17, 15) is 4.79 Å². The minimum absolute atomic E-state index is 0.00111. The monoisotopic (exact) mass is 338 g/mol. The molecule has 1 aliphatic heterocycles. The van der Waals surface area contributed by atoms with Crippen molar-refractivity contribution in [1.82, 2.24) is 14.8 Å². The topological polar surface area (TPSA) is 78.3 Å². The van der Waals surface area contributed by atoms with Crippen LogP contribution < -0.4 is 10.1 Å². The predicted molar refractivity (Wildman–Crippen MR) is 92.8 cm³/mol. The molecule has 0 spiro atoms. The zero-order valence-electron chi connectivity index (χ0n) is 13.8. The molecule has 0 saturated carbocycles. The van der Waals surface area contributed by atoms with E-state index in [1.807, 2.05) is 25.2 Å². The second-order valence-corrected chi connectivity index (χ2v) is 5.98. The third-order valence-corrected chi connectivity index (χ3v) is 4.18. The van der Waals surface area contributed by atoms with E-state index in [4.69, 9.17) is 9.47 Å². The molecule has 7 nitrogen and oxygen atoms in total. The van der Waals surface area contributed by atoms with E-state index in [-0.39, 0.29) is 12.0 Å². The number of aryl methyl sites for hydroxylation is 1. The van der Waals surface area contributed by atoms with Gasteiger partial charge < -0.3 is 14.8 Å². The molecule has 7 heteroatoms. The standard InChI is InChI=1S/C18H18N4O3/c1-22-16-3-2-14(8-13(16)10-20-22)21-18(23)12-4-6-19-17(9-12)25-15-5-7-24-11-15/h2-4,6,8-10,15H,5,7,11H2,1H3,(H,21,23). The van der Waals surface area contributed by atoms with Gasteiger partial charge in [0.05, 0.1) is 24.9 Å². The summed E-state index contributed by atoms with van der Waals surface area (Å²) in [6.45, 7) is 1.25. The first-order valence-corrected chi connectivity index (χ1v) is 8.12. The summed E-state index contributed by atoms with van der Waals surface area (Å²) in [5.41, 5.74) is 2.22. The van der Waals surface area contributed by atoms with Crippen LogP contribution in [0.4, 0.5) is 5.69 Å². The molecule has 4 rings (SSSR count). The highest BCUT2D eigenvalue weighted by Crippen LogP contribution is 2.20. The van der Waals surface area contributed by atoms with Crippen LogP contribution in [-0.4, -0.2) is 40.0 Å². The van der Waals surface area contributed by atoms with E-state index < -0.39 is 0 Å². The number of benzene rings is 1. The molecular formula is C18H18N4O3. The Labute approximate surface area is 144 Å². The Bertz CT molecular complexity index is 916. The summed E-state index contributed by atoms with van der Waals surface area (Å²) in [4.78, 5) is 16.7. The predicted octanol–water partition coefficient (Wildman–Crippen LogP) is 2.39. The third kappa shape index (κ3) is 3.32. The summed E-state index contributed by atoms with van der Waals surface area (Å²) in [6.07, 6.45) is 4.18. The lowest BCUT2D eigenvalue weighted by Gasteiger charge is -2.11. The maximum absolute atomic E-state index is 12.5. The van der Waals surface area contributed by atoms with Gasteiger partial charge in [-0.05, 0) is 24.3 Å². The van der Waals surface area contributed by atoms with Crippen molar-refractivity contribution in [1.29, 1.82) is 0 Å². The normalized spacial score (nSPS) is 16.9. The first-order chi connectivity index (χ1) is 12.2. The number of rotatable bonds is 4. The smallest absolute Gasteiger partial charge is 0.255 e. The number of hydrogen-bond acceptors (Lipinski definition) is 5. The summed E-state index contributed by atoms with van der Waals surface area (Å²) < 4.78 is 12.8. The number of nitrogens with one attached hydrogen (secondary N) is 1. The van der Waals surface area contributed by atoms with Gasteiger partial charge in [-0.15, -0.1) is 0 Å². The van der Waals surface area contributed by atoms with Crippen molar-refractivity contribution in [2.24, 2.45) is 7.05 Å². The molecule has 1 fully saturated rings. The number of aromatic nitrogens is 3. The number of amides is 1. The average molecular weight is 338 g/mol. The SMILES string of the molecule is Cn1ncc2cc(NC(=O)c3ccnc(OC4CCOC4)c3)ccc21. The van der Waals surface area contributed by atoms with Gasteiger partial charge in [-0.2, -0.15) is 5.10 Å². The fraction of sp³-hybridized carbons (Fsp3) is 0.278. The van der Waals surface area contributed by atoms with E-state index in [1.54, 1.807) is 29.2 Å². The summed E-state index contributed by atoms with van der Waals surface area (Å²) in [6, 6.07) is 9.00. The van der Waals surface area contributed by atoms with Crippen molar-refractivity contribution in [3.05, 3.63) is 48.3 Å². The van der Waals surface area contributed by atoms with E-state index in [2.05, 4.69) is 15.4 Å². The largest absolute Gasteiger partial charge is 0.472 e. The maximum Gasteiger partial charge on any atom is 0.255 e. The number of ether oxygens (including phenoxy) is 2. The molecule has 1 saturated heterocycles. The Morgan fingerprint density at radius 1 is 1.36 bits per heavy atom. The molecule has 0 radical (unpaired) electrons. The third-order valence-electron chi connectivity index (χ3n) is 4.18. The number of hydrogen-bond donors (Lipinski definition) is 1. The zero-order chi connectivity index (χ0) is 17.2. The van der Waals surface area contributed by atoms with Crippen LogP contribution in [0.3, 0.4) is 0 Å². The Kier molecular flexibility index (Phi) is 4.07. The molecule has 3 aromatic rings. The lowest BCUT2D eigenvalue weighted by Crippen LogP contribution is -2.17. The summed E-state index contributed by atoms with van der Waals surface area (Å²) in [7, 11) is 1.88. The van der Waals surface area contributed by atoms with Gasteiger partial charge in [0.2, 0.25) is 5.88 Å². The second-order valence-electron chi connectivity index (χ2n) is 5.98. The van der Waals surface area contributed by atoms with Crippen molar-refractivity contribution in [3.63, 3.8) is 0 Å². The van der Waals surface area contributed by atoms with Crippen LogP contribution in [-0.2, 0) is 11.8 Å². The van der Waals surface area contributed by atoms with Crippen molar-refractivity contribution in [2.75, 3.05) is 18.5 Å². The van der Waals surface area contributed by atoms with Gasteiger partial charge in [0.15, 0.2) is 0 Å². The first kappa shape index (κ1) is 15.6. The molecule has 3 heterocycles. The number of fused-ring (bicyclic) bond motifs is 1. The summed E-state index contributed by atoms with van der Waals surface area (Å²) in [5, 5.41) is 8.07. The summed E-state index contributed by atoms with van der Waals surface area (Å²) >= 11 is 0. The molecule has 0 aliphatic carbocycles. The Morgan fingerprint density at radius 3 is 3.12 bits per heavy atom. The number of carbonyl (C=O) groups excluding carboxylic acids is 1. The molecule has 1 aliphatic rings. The van der Waals surface area contributed by atoms with Gasteiger partial charge in [-0.3, -0.25) is 9.48 Å². The first-order valence-electron chi connectivity index (χ1n) is 8.12. The van der Waals surface area contributed by atoms with Crippen molar-refractivity contribution in [2.45, 2.75) is 12.5 Å². The molecular weight excluding hydrogens is 320 g/mol. The van der Waals surface area contributed by atoms with Gasteiger partial charge in [-0.1, -0.05) is 0 Å². The van der Waals surface area contributed by atoms with Gasteiger partial charge in [0, 0.05) is 42.4 Å². The fourth-order valence-corrected chi connectivity index (χ4v) is 2.84. The van der Waals surface area contributed by atoms with E-state index in [0.29, 0.717) is 30.3 Å². The maximum atomic E-state index is 12.5. The van der Waals surface area contributed by atoms with Gasteiger partial charge in [-0.25, -0.2) is 4.98 Å². The molecule has 1 N–H and O–H groups in total. The highest BCUT2D eigenvalue weighted by molar-refractivity contribution is 6.05.